The Morgan fingerprint density at radius 2 is 1.22 bits per heavy atom. The number of anilines is 2. The average molecular weight is 550 g/mol. The van der Waals surface area contributed by atoms with Crippen molar-refractivity contribution in [2.24, 2.45) is 0 Å². The minimum absolute atomic E-state index is 0.378. The second-order valence-electron chi connectivity index (χ2n) is 10.0. The molecule has 1 heterocycles. The lowest BCUT2D eigenvalue weighted by molar-refractivity contribution is 0.266. The van der Waals surface area contributed by atoms with Gasteiger partial charge in [0.25, 0.3) is 0 Å². The number of benzene rings is 4. The highest BCUT2D eigenvalue weighted by molar-refractivity contribution is 5.90. The van der Waals surface area contributed by atoms with E-state index in [9.17, 15) is 0 Å². The Kier molecular flexibility index (Phi) is 8.15. The number of methoxy groups -OCH3 is 2. The van der Waals surface area contributed by atoms with E-state index in [1.54, 1.807) is 14.2 Å². The molecule has 0 radical (unpaired) electrons. The summed E-state index contributed by atoms with van der Waals surface area (Å²) in [5, 5.41) is 0. The first kappa shape index (κ1) is 27.6. The van der Waals surface area contributed by atoms with Crippen LogP contribution in [-0.2, 0) is 6.61 Å². The van der Waals surface area contributed by atoms with Crippen LogP contribution >= 0.6 is 0 Å². The fourth-order valence-electron chi connectivity index (χ4n) is 4.80. The van der Waals surface area contributed by atoms with Gasteiger partial charge in [0.2, 0.25) is 11.6 Å². The molecule has 0 aliphatic heterocycles. The van der Waals surface area contributed by atoms with E-state index >= 15 is 0 Å². The van der Waals surface area contributed by atoms with Gasteiger partial charge in [0.15, 0.2) is 17.3 Å². The first-order chi connectivity index (χ1) is 19.9. The molecule has 0 spiro atoms. The molecule has 0 N–H and O–H groups in total. The smallest absolute Gasteiger partial charge is 0.227 e. The first-order valence-electron chi connectivity index (χ1n) is 13.4. The maximum atomic E-state index is 6.63. The van der Waals surface area contributed by atoms with Crippen LogP contribution in [0, 0.1) is 0 Å². The Bertz CT molecular complexity index is 1530. The highest BCUT2D eigenvalue weighted by atomic mass is 16.5. The van der Waals surface area contributed by atoms with E-state index in [-0.39, 0.29) is 0 Å². The molecule has 0 amide bonds. The molecular weight excluding hydrogens is 514 g/mol. The minimum atomic E-state index is 0.378. The molecule has 41 heavy (non-hydrogen) atoms. The van der Waals surface area contributed by atoms with Gasteiger partial charge in [0, 0.05) is 56.3 Å². The predicted molar refractivity (Wildman–Crippen MR) is 165 cm³/mol. The molecule has 0 saturated carbocycles. The summed E-state index contributed by atoms with van der Waals surface area (Å²) in [6.45, 7) is 0.378. The average Bonchev–Trinajstić information content (AvgIpc) is 3.45. The standard InChI is InChI=1S/C34H35N3O4/c1-36(2)27-18-12-10-16-25(27)31-32(26-17-11-13-19-28(26)37(3)4)41-34(35-31)24-20-29(38-5)33(30(21-24)39-6)40-22-23-14-8-7-9-15-23/h7-21H,22H2,1-6H3. The van der Waals surface area contributed by atoms with Crippen molar-refractivity contribution in [2.75, 3.05) is 52.2 Å². The summed E-state index contributed by atoms with van der Waals surface area (Å²) in [5.41, 5.74) is 6.49. The molecule has 0 bridgehead atoms. The van der Waals surface area contributed by atoms with Crippen LogP contribution in [-0.4, -0.2) is 47.4 Å². The van der Waals surface area contributed by atoms with Gasteiger partial charge in [0.1, 0.15) is 12.3 Å². The molecule has 7 nitrogen and oxygen atoms in total. The molecule has 4 aromatic carbocycles. The third-order valence-corrected chi connectivity index (χ3v) is 6.83. The normalized spacial score (nSPS) is 10.8. The summed E-state index contributed by atoms with van der Waals surface area (Å²) in [6, 6.07) is 30.1. The molecule has 0 fully saturated rings. The van der Waals surface area contributed by atoms with E-state index in [1.165, 1.54) is 0 Å². The lowest BCUT2D eigenvalue weighted by atomic mass is 10.0. The van der Waals surface area contributed by atoms with Crippen molar-refractivity contribution in [1.29, 1.82) is 0 Å². The second-order valence-corrected chi connectivity index (χ2v) is 10.0. The third-order valence-electron chi connectivity index (χ3n) is 6.83. The van der Waals surface area contributed by atoms with E-state index in [0.29, 0.717) is 41.1 Å². The molecule has 0 atom stereocenters. The molecule has 0 aliphatic carbocycles. The van der Waals surface area contributed by atoms with Crippen molar-refractivity contribution in [3.05, 3.63) is 96.6 Å². The Labute approximate surface area is 241 Å². The topological polar surface area (TPSA) is 60.2 Å². The maximum Gasteiger partial charge on any atom is 0.227 e. The van der Waals surface area contributed by atoms with E-state index in [0.717, 1.165) is 33.8 Å². The predicted octanol–water partition coefficient (Wildman–Crippen LogP) is 7.40. The van der Waals surface area contributed by atoms with E-state index in [2.05, 4.69) is 34.1 Å². The lowest BCUT2D eigenvalue weighted by Crippen LogP contribution is -2.11. The largest absolute Gasteiger partial charge is 0.493 e. The molecule has 1 aromatic heterocycles. The summed E-state index contributed by atoms with van der Waals surface area (Å²) >= 11 is 0. The van der Waals surface area contributed by atoms with Crippen molar-refractivity contribution in [1.82, 2.24) is 4.98 Å². The second kappa shape index (κ2) is 12.1. The third kappa shape index (κ3) is 5.70. The van der Waals surface area contributed by atoms with E-state index in [1.807, 2.05) is 94.9 Å². The number of hydrogen-bond acceptors (Lipinski definition) is 7. The highest BCUT2D eigenvalue weighted by Gasteiger charge is 2.25. The summed E-state index contributed by atoms with van der Waals surface area (Å²) < 4.78 is 24.3. The number of oxazole rings is 1. The summed E-state index contributed by atoms with van der Waals surface area (Å²) in [7, 11) is 11.3. The van der Waals surface area contributed by atoms with E-state index < -0.39 is 0 Å². The molecule has 5 rings (SSSR count). The van der Waals surface area contributed by atoms with Crippen molar-refractivity contribution >= 4 is 11.4 Å². The van der Waals surface area contributed by atoms with Gasteiger partial charge >= 0.3 is 0 Å². The number of nitrogens with zero attached hydrogens (tertiary/aromatic N) is 3. The number of para-hydroxylation sites is 2. The summed E-state index contributed by atoms with van der Waals surface area (Å²) in [5.74, 6) is 2.70. The lowest BCUT2D eigenvalue weighted by Gasteiger charge is -2.18. The Morgan fingerprint density at radius 3 is 1.80 bits per heavy atom. The quantitative estimate of drug-likeness (QED) is 0.180. The van der Waals surface area contributed by atoms with Gasteiger partial charge in [-0.1, -0.05) is 60.7 Å². The van der Waals surface area contributed by atoms with Crippen LogP contribution in [0.25, 0.3) is 34.0 Å². The van der Waals surface area contributed by atoms with Crippen LogP contribution in [0.1, 0.15) is 5.56 Å². The maximum absolute atomic E-state index is 6.63. The Balaban J connectivity index is 1.66. The molecule has 0 unspecified atom stereocenters. The number of ether oxygens (including phenoxy) is 3. The monoisotopic (exact) mass is 549 g/mol. The molecular formula is C34H35N3O4. The summed E-state index contributed by atoms with van der Waals surface area (Å²) in [6.07, 6.45) is 0. The SMILES string of the molecule is COc1cc(-c2nc(-c3ccccc3N(C)C)c(-c3ccccc3N(C)C)o2)cc(OC)c1OCc1ccccc1. The van der Waals surface area contributed by atoms with Crippen molar-refractivity contribution in [2.45, 2.75) is 6.61 Å². The van der Waals surface area contributed by atoms with Crippen molar-refractivity contribution < 1.29 is 18.6 Å². The zero-order valence-electron chi connectivity index (χ0n) is 24.3. The summed E-state index contributed by atoms with van der Waals surface area (Å²) in [4.78, 5) is 9.23. The zero-order chi connectivity index (χ0) is 28.9. The van der Waals surface area contributed by atoms with E-state index in [4.69, 9.17) is 23.6 Å². The highest BCUT2D eigenvalue weighted by Crippen LogP contribution is 2.46. The van der Waals surface area contributed by atoms with Crippen molar-refractivity contribution in [3.63, 3.8) is 0 Å². The van der Waals surface area contributed by atoms with Gasteiger partial charge < -0.3 is 28.4 Å². The van der Waals surface area contributed by atoms with Gasteiger partial charge in [-0.2, -0.15) is 0 Å². The zero-order valence-corrected chi connectivity index (χ0v) is 24.3. The van der Waals surface area contributed by atoms with Crippen LogP contribution in [0.3, 0.4) is 0 Å². The van der Waals surface area contributed by atoms with Crippen molar-refractivity contribution in [3.8, 4) is 51.3 Å². The number of rotatable bonds is 10. The number of hydrogen-bond donors (Lipinski definition) is 0. The van der Waals surface area contributed by atoms with Gasteiger partial charge in [-0.05, 0) is 35.9 Å². The number of aromatic nitrogens is 1. The Morgan fingerprint density at radius 1 is 0.683 bits per heavy atom. The molecule has 0 aliphatic rings. The van der Waals surface area contributed by atoms with Crippen LogP contribution < -0.4 is 24.0 Å². The van der Waals surface area contributed by atoms with Crippen LogP contribution in [0.4, 0.5) is 11.4 Å². The van der Waals surface area contributed by atoms with Gasteiger partial charge in [0.05, 0.1) is 14.2 Å². The van der Waals surface area contributed by atoms with Crippen LogP contribution in [0.2, 0.25) is 0 Å². The van der Waals surface area contributed by atoms with Crippen LogP contribution in [0.15, 0.2) is 95.4 Å². The molecule has 5 aromatic rings. The molecule has 7 heteroatoms. The van der Waals surface area contributed by atoms with Gasteiger partial charge in [-0.25, -0.2) is 4.98 Å². The fraction of sp³-hybridized carbons (Fsp3) is 0.206. The Hall–Kier alpha value is -4.91. The first-order valence-corrected chi connectivity index (χ1v) is 13.4. The minimum Gasteiger partial charge on any atom is -0.493 e. The fourth-order valence-corrected chi connectivity index (χ4v) is 4.80. The molecule has 0 saturated heterocycles. The van der Waals surface area contributed by atoms with Gasteiger partial charge in [-0.3, -0.25) is 0 Å². The molecule has 210 valence electrons. The van der Waals surface area contributed by atoms with Crippen LogP contribution in [0.5, 0.6) is 17.2 Å². The van der Waals surface area contributed by atoms with Gasteiger partial charge in [-0.15, -0.1) is 0 Å².